The summed E-state index contributed by atoms with van der Waals surface area (Å²) >= 11 is 12.3. The van der Waals surface area contributed by atoms with Crippen LogP contribution in [0.3, 0.4) is 0 Å². The number of benzene rings is 2. The number of carbonyl (C=O) groups excluding carboxylic acids is 1. The topological polar surface area (TPSA) is 69.7 Å². The maximum absolute atomic E-state index is 12.9. The van der Waals surface area contributed by atoms with Crippen LogP contribution in [0.1, 0.15) is 31.2 Å². The van der Waals surface area contributed by atoms with Gasteiger partial charge in [-0.15, -0.1) is 0 Å². The number of nitrogens with zero attached hydrogens (tertiary/aromatic N) is 2. The molecular formula is C23H27Cl2N3O3S. The summed E-state index contributed by atoms with van der Waals surface area (Å²) in [7, 11) is -3.57. The normalized spacial score (nSPS) is 18.1. The van der Waals surface area contributed by atoms with Crippen molar-refractivity contribution >= 4 is 50.5 Å². The second kappa shape index (κ2) is 10.00. The number of hydrogen-bond donors (Lipinski definition) is 1. The molecule has 2 aliphatic rings. The summed E-state index contributed by atoms with van der Waals surface area (Å²) in [5, 5.41) is 3.66. The Kier molecular flexibility index (Phi) is 7.30. The first kappa shape index (κ1) is 23.4. The van der Waals surface area contributed by atoms with Crippen LogP contribution in [0.25, 0.3) is 0 Å². The number of nitrogens with one attached hydrogen (secondary N) is 1. The zero-order valence-electron chi connectivity index (χ0n) is 17.8. The molecule has 2 aromatic rings. The Morgan fingerprint density at radius 3 is 2.12 bits per heavy atom. The van der Waals surface area contributed by atoms with Gasteiger partial charge in [0.05, 0.1) is 5.75 Å². The molecule has 2 fully saturated rings. The second-order valence-corrected chi connectivity index (χ2v) is 11.1. The molecule has 0 unspecified atom stereocenters. The summed E-state index contributed by atoms with van der Waals surface area (Å²) in [6.07, 6.45) is 3.40. The van der Waals surface area contributed by atoms with E-state index in [0.29, 0.717) is 41.5 Å². The molecule has 6 nitrogen and oxygen atoms in total. The third-order valence-electron chi connectivity index (χ3n) is 6.21. The van der Waals surface area contributed by atoms with Gasteiger partial charge in [0.25, 0.3) is 0 Å². The average molecular weight is 496 g/mol. The highest BCUT2D eigenvalue weighted by Crippen LogP contribution is 2.29. The average Bonchev–Trinajstić information content (AvgIpc) is 3.32. The van der Waals surface area contributed by atoms with E-state index in [2.05, 4.69) is 10.2 Å². The molecular weight excluding hydrogens is 469 g/mol. The molecule has 0 spiro atoms. The van der Waals surface area contributed by atoms with Gasteiger partial charge < -0.3 is 10.2 Å². The minimum Gasteiger partial charge on any atom is -0.372 e. The molecule has 4 rings (SSSR count). The lowest BCUT2D eigenvalue weighted by Crippen LogP contribution is -2.42. The van der Waals surface area contributed by atoms with Crippen LogP contribution in [0.4, 0.5) is 11.4 Å². The van der Waals surface area contributed by atoms with E-state index in [1.165, 1.54) is 22.8 Å². The zero-order valence-corrected chi connectivity index (χ0v) is 20.1. The number of anilines is 2. The van der Waals surface area contributed by atoms with Crippen LogP contribution in [-0.4, -0.2) is 44.8 Å². The molecule has 2 aliphatic heterocycles. The van der Waals surface area contributed by atoms with Gasteiger partial charge in [0.2, 0.25) is 15.9 Å². The molecule has 1 amide bonds. The van der Waals surface area contributed by atoms with Crippen LogP contribution in [0.15, 0.2) is 42.5 Å². The van der Waals surface area contributed by atoms with Crippen molar-refractivity contribution in [2.45, 2.75) is 31.4 Å². The SMILES string of the molecule is O=C(Nc1ccc(N2CCCC2)cc1)C1CCN(S(=O)(=O)Cc2c(Cl)cccc2Cl)CC1. The van der Waals surface area contributed by atoms with E-state index in [9.17, 15) is 13.2 Å². The molecule has 32 heavy (non-hydrogen) atoms. The minimum absolute atomic E-state index is 0.0647. The number of amides is 1. The Morgan fingerprint density at radius 2 is 1.53 bits per heavy atom. The lowest BCUT2D eigenvalue weighted by molar-refractivity contribution is -0.120. The van der Waals surface area contributed by atoms with Crippen molar-refractivity contribution in [3.63, 3.8) is 0 Å². The van der Waals surface area contributed by atoms with Crippen molar-refractivity contribution in [2.24, 2.45) is 5.92 Å². The number of rotatable bonds is 6. The van der Waals surface area contributed by atoms with Crippen LogP contribution in [0.2, 0.25) is 10.0 Å². The molecule has 0 saturated carbocycles. The van der Waals surface area contributed by atoms with Gasteiger partial charge in [-0.1, -0.05) is 29.3 Å². The fourth-order valence-corrected chi connectivity index (χ4v) is 6.63. The van der Waals surface area contributed by atoms with Gasteiger partial charge in [-0.25, -0.2) is 12.7 Å². The molecule has 2 heterocycles. The minimum atomic E-state index is -3.57. The molecule has 2 aromatic carbocycles. The van der Waals surface area contributed by atoms with Gasteiger partial charge in [-0.2, -0.15) is 0 Å². The van der Waals surface area contributed by atoms with E-state index in [1.54, 1.807) is 18.2 Å². The first-order chi connectivity index (χ1) is 15.3. The van der Waals surface area contributed by atoms with Crippen LogP contribution in [-0.2, 0) is 20.6 Å². The molecule has 0 aromatic heterocycles. The highest BCUT2D eigenvalue weighted by atomic mass is 35.5. The van der Waals surface area contributed by atoms with E-state index >= 15 is 0 Å². The molecule has 0 radical (unpaired) electrons. The molecule has 0 bridgehead atoms. The Balaban J connectivity index is 1.31. The predicted octanol–water partition coefficient (Wildman–Crippen LogP) is 4.77. The van der Waals surface area contributed by atoms with Crippen LogP contribution >= 0.6 is 23.2 Å². The lowest BCUT2D eigenvalue weighted by Gasteiger charge is -2.30. The number of piperidine rings is 1. The van der Waals surface area contributed by atoms with Crippen molar-refractivity contribution in [3.8, 4) is 0 Å². The maximum Gasteiger partial charge on any atom is 0.227 e. The van der Waals surface area contributed by atoms with Gasteiger partial charge in [0, 0.05) is 59.1 Å². The highest BCUT2D eigenvalue weighted by molar-refractivity contribution is 7.88. The van der Waals surface area contributed by atoms with Crippen molar-refractivity contribution < 1.29 is 13.2 Å². The van der Waals surface area contributed by atoms with Gasteiger partial charge in [0.15, 0.2) is 0 Å². The third-order valence-corrected chi connectivity index (χ3v) is 8.73. The Labute approximate surface area is 199 Å². The summed E-state index contributed by atoms with van der Waals surface area (Å²) in [5.41, 5.74) is 2.35. The molecule has 2 saturated heterocycles. The maximum atomic E-state index is 12.9. The third kappa shape index (κ3) is 5.39. The fraction of sp³-hybridized carbons (Fsp3) is 0.435. The largest absolute Gasteiger partial charge is 0.372 e. The number of sulfonamides is 1. The zero-order chi connectivity index (χ0) is 22.7. The van der Waals surface area contributed by atoms with E-state index in [0.717, 1.165) is 18.8 Å². The standard InChI is InChI=1S/C23H27Cl2N3O3S/c24-21-4-3-5-22(25)20(21)16-32(30,31)28-14-10-17(11-15-28)23(29)26-18-6-8-19(9-7-18)27-12-1-2-13-27/h3-9,17H,1-2,10-16H2,(H,26,29). The number of carbonyl (C=O) groups is 1. The Hall–Kier alpha value is -1.80. The van der Waals surface area contributed by atoms with Gasteiger partial charge in [-0.3, -0.25) is 4.79 Å². The van der Waals surface area contributed by atoms with Crippen molar-refractivity contribution in [3.05, 3.63) is 58.1 Å². The van der Waals surface area contributed by atoms with Crippen molar-refractivity contribution in [1.82, 2.24) is 4.31 Å². The smallest absolute Gasteiger partial charge is 0.227 e. The van der Waals surface area contributed by atoms with Gasteiger partial charge >= 0.3 is 0 Å². The number of hydrogen-bond acceptors (Lipinski definition) is 4. The lowest BCUT2D eigenvalue weighted by atomic mass is 9.97. The fourth-order valence-electron chi connectivity index (χ4n) is 4.32. The number of halogens is 2. The van der Waals surface area contributed by atoms with Gasteiger partial charge in [0.1, 0.15) is 0 Å². The highest BCUT2D eigenvalue weighted by Gasteiger charge is 2.32. The quantitative estimate of drug-likeness (QED) is 0.626. The second-order valence-electron chi connectivity index (χ2n) is 8.36. The Bertz CT molecular complexity index is 1040. The summed E-state index contributed by atoms with van der Waals surface area (Å²) in [5.74, 6) is -0.528. The van der Waals surface area contributed by atoms with E-state index in [4.69, 9.17) is 23.2 Å². The monoisotopic (exact) mass is 495 g/mol. The van der Waals surface area contributed by atoms with Crippen LogP contribution in [0, 0.1) is 5.92 Å². The molecule has 0 atom stereocenters. The summed E-state index contributed by atoms with van der Waals surface area (Å²) in [6.45, 7) is 2.76. The van der Waals surface area contributed by atoms with Crippen LogP contribution < -0.4 is 10.2 Å². The molecule has 1 N–H and O–H groups in total. The van der Waals surface area contributed by atoms with E-state index in [1.807, 2.05) is 24.3 Å². The van der Waals surface area contributed by atoms with Crippen molar-refractivity contribution in [1.29, 1.82) is 0 Å². The Morgan fingerprint density at radius 1 is 0.938 bits per heavy atom. The molecule has 172 valence electrons. The summed E-state index contributed by atoms with van der Waals surface area (Å²) in [6, 6.07) is 12.9. The van der Waals surface area contributed by atoms with Gasteiger partial charge in [-0.05, 0) is 62.1 Å². The molecule has 0 aliphatic carbocycles. The summed E-state index contributed by atoms with van der Waals surface area (Å²) in [4.78, 5) is 15.1. The van der Waals surface area contributed by atoms with E-state index in [-0.39, 0.29) is 17.6 Å². The van der Waals surface area contributed by atoms with Crippen molar-refractivity contribution in [2.75, 3.05) is 36.4 Å². The van der Waals surface area contributed by atoms with Crippen LogP contribution in [0.5, 0.6) is 0 Å². The van der Waals surface area contributed by atoms with E-state index < -0.39 is 10.0 Å². The first-order valence-corrected chi connectivity index (χ1v) is 13.3. The summed E-state index contributed by atoms with van der Waals surface area (Å²) < 4.78 is 27.2. The predicted molar refractivity (Wildman–Crippen MR) is 130 cm³/mol. The first-order valence-electron chi connectivity index (χ1n) is 10.9. The molecule has 9 heteroatoms.